The van der Waals surface area contributed by atoms with Crippen molar-refractivity contribution in [3.8, 4) is 39.1 Å². The van der Waals surface area contributed by atoms with Crippen LogP contribution in [0.5, 0.6) is 0 Å². The Hall–Kier alpha value is -6.64. The van der Waals surface area contributed by atoms with Crippen molar-refractivity contribution in [2.45, 2.75) is 27.7 Å². The average Bonchev–Trinajstić information content (AvgIpc) is 3.52. The van der Waals surface area contributed by atoms with Crippen LogP contribution in [0.15, 0.2) is 182 Å². The molecule has 1 heterocycles. The summed E-state index contributed by atoms with van der Waals surface area (Å²) in [5.74, 6) is 0. The summed E-state index contributed by atoms with van der Waals surface area (Å²) in [4.78, 5) is 2.41. The number of anilines is 3. The molecule has 0 atom stereocenters. The summed E-state index contributed by atoms with van der Waals surface area (Å²) in [6.07, 6.45) is 0. The van der Waals surface area contributed by atoms with E-state index in [1.165, 1.54) is 83.1 Å². The number of benzene rings is 8. The topological polar surface area (TPSA) is 8.17 Å². The molecule has 9 aromatic rings. The Morgan fingerprint density at radius 3 is 1.52 bits per heavy atom. The summed E-state index contributed by atoms with van der Waals surface area (Å²) in [6, 6.07) is 66.6. The molecule has 54 heavy (non-hydrogen) atoms. The molecule has 0 fully saturated rings. The van der Waals surface area contributed by atoms with Crippen molar-refractivity contribution in [2.24, 2.45) is 0 Å². The fraction of sp³-hybridized carbons (Fsp3) is 0.0769. The first-order valence-electron chi connectivity index (χ1n) is 18.8. The van der Waals surface area contributed by atoms with Gasteiger partial charge in [-0.1, -0.05) is 140 Å². The van der Waals surface area contributed by atoms with Gasteiger partial charge in [0, 0.05) is 39.0 Å². The Balaban J connectivity index is 1.34. The Morgan fingerprint density at radius 1 is 0.352 bits per heavy atom. The summed E-state index contributed by atoms with van der Waals surface area (Å²) in [5, 5.41) is 2.46. The first-order valence-corrected chi connectivity index (χ1v) is 18.8. The molecule has 2 nitrogen and oxygen atoms in total. The quantitative estimate of drug-likeness (QED) is 0.161. The van der Waals surface area contributed by atoms with Gasteiger partial charge in [0.05, 0.1) is 16.7 Å². The van der Waals surface area contributed by atoms with Gasteiger partial charge in [-0.25, -0.2) is 0 Å². The van der Waals surface area contributed by atoms with Crippen molar-refractivity contribution >= 4 is 38.9 Å². The molecule has 260 valence electrons. The molecule has 0 bridgehead atoms. The van der Waals surface area contributed by atoms with Crippen LogP contribution in [-0.2, 0) is 0 Å². The van der Waals surface area contributed by atoms with E-state index in [0.717, 1.165) is 17.1 Å². The van der Waals surface area contributed by atoms with Crippen molar-refractivity contribution in [1.82, 2.24) is 4.57 Å². The number of para-hydroxylation sites is 2. The van der Waals surface area contributed by atoms with Gasteiger partial charge in [0.1, 0.15) is 0 Å². The molecule has 0 N–H and O–H groups in total. The van der Waals surface area contributed by atoms with Gasteiger partial charge in [0.25, 0.3) is 0 Å². The maximum Gasteiger partial charge on any atom is 0.0619 e. The molecular weight excluding hydrogens is 653 g/mol. The highest BCUT2D eigenvalue weighted by Crippen LogP contribution is 2.45. The number of aryl methyl sites for hydroxylation is 4. The Labute approximate surface area is 318 Å². The zero-order chi connectivity index (χ0) is 36.8. The van der Waals surface area contributed by atoms with Crippen LogP contribution in [0, 0.1) is 27.7 Å². The molecule has 9 rings (SSSR count). The van der Waals surface area contributed by atoms with Crippen molar-refractivity contribution in [3.63, 3.8) is 0 Å². The molecule has 1 aromatic heterocycles. The second-order valence-electron chi connectivity index (χ2n) is 14.5. The van der Waals surface area contributed by atoms with Crippen molar-refractivity contribution < 1.29 is 0 Å². The fourth-order valence-electron chi connectivity index (χ4n) is 8.27. The maximum atomic E-state index is 2.52. The summed E-state index contributed by atoms with van der Waals surface area (Å²) in [7, 11) is 0. The second kappa shape index (κ2) is 13.7. The lowest BCUT2D eigenvalue weighted by Gasteiger charge is -2.27. The van der Waals surface area contributed by atoms with Gasteiger partial charge in [-0.05, 0) is 115 Å². The molecule has 0 aliphatic heterocycles. The van der Waals surface area contributed by atoms with E-state index in [1.807, 2.05) is 0 Å². The van der Waals surface area contributed by atoms with Crippen LogP contribution < -0.4 is 4.90 Å². The van der Waals surface area contributed by atoms with E-state index in [-0.39, 0.29) is 0 Å². The van der Waals surface area contributed by atoms with E-state index >= 15 is 0 Å². The number of nitrogens with zero attached hydrogens (tertiary/aromatic N) is 2. The normalized spacial score (nSPS) is 11.3. The second-order valence-corrected chi connectivity index (χ2v) is 14.5. The molecule has 2 heteroatoms. The Kier molecular flexibility index (Phi) is 8.44. The van der Waals surface area contributed by atoms with Gasteiger partial charge < -0.3 is 9.47 Å². The third-order valence-electron chi connectivity index (χ3n) is 10.7. The third-order valence-corrected chi connectivity index (χ3v) is 10.7. The molecule has 0 radical (unpaired) electrons. The minimum atomic E-state index is 1.11. The van der Waals surface area contributed by atoms with Gasteiger partial charge in [-0.3, -0.25) is 0 Å². The predicted octanol–water partition coefficient (Wildman–Crippen LogP) is 14.5. The minimum absolute atomic E-state index is 1.11. The molecule has 0 saturated heterocycles. The van der Waals surface area contributed by atoms with Crippen LogP contribution in [0.25, 0.3) is 60.9 Å². The van der Waals surface area contributed by atoms with Crippen LogP contribution in [0.2, 0.25) is 0 Å². The van der Waals surface area contributed by atoms with Gasteiger partial charge in [0.2, 0.25) is 0 Å². The van der Waals surface area contributed by atoms with Crippen molar-refractivity contribution in [1.29, 1.82) is 0 Å². The van der Waals surface area contributed by atoms with Crippen LogP contribution >= 0.6 is 0 Å². The molecule has 0 saturated carbocycles. The van der Waals surface area contributed by atoms with Gasteiger partial charge in [-0.15, -0.1) is 0 Å². The standard InChI is InChI=1S/C52H42N2/c1-35-31-36(2)33-43(32-35)53(41-27-25-40(26-28-41)39-17-6-5-7-18-39)42-29-30-47-46-21-12-13-24-50(46)54(51(47)34-42)52-48(44-19-10-8-15-37(44)3)22-14-23-49(52)45-20-11-9-16-38(45)4/h5-34H,1-4H3. The lowest BCUT2D eigenvalue weighted by atomic mass is 9.92. The largest absolute Gasteiger partial charge is 0.310 e. The van der Waals surface area contributed by atoms with E-state index in [1.54, 1.807) is 0 Å². The number of fused-ring (bicyclic) bond motifs is 3. The highest BCUT2D eigenvalue weighted by Gasteiger charge is 2.23. The van der Waals surface area contributed by atoms with Gasteiger partial charge in [-0.2, -0.15) is 0 Å². The molecule has 0 amide bonds. The van der Waals surface area contributed by atoms with Gasteiger partial charge in [0.15, 0.2) is 0 Å². The monoisotopic (exact) mass is 694 g/mol. The summed E-state index contributed by atoms with van der Waals surface area (Å²) < 4.78 is 2.52. The maximum absolute atomic E-state index is 2.52. The van der Waals surface area contributed by atoms with E-state index < -0.39 is 0 Å². The average molecular weight is 695 g/mol. The zero-order valence-corrected chi connectivity index (χ0v) is 31.2. The first kappa shape index (κ1) is 33.2. The lowest BCUT2D eigenvalue weighted by Crippen LogP contribution is -2.11. The van der Waals surface area contributed by atoms with Crippen molar-refractivity contribution in [2.75, 3.05) is 4.90 Å². The number of aromatic nitrogens is 1. The van der Waals surface area contributed by atoms with E-state index in [0.29, 0.717) is 0 Å². The number of hydrogen-bond acceptors (Lipinski definition) is 1. The summed E-state index contributed by atoms with van der Waals surface area (Å²) in [5.41, 5.74) is 19.2. The first-order chi connectivity index (χ1) is 26.4. The molecule has 0 unspecified atom stereocenters. The highest BCUT2D eigenvalue weighted by atomic mass is 15.1. The van der Waals surface area contributed by atoms with Crippen LogP contribution in [0.4, 0.5) is 17.1 Å². The predicted molar refractivity (Wildman–Crippen MR) is 231 cm³/mol. The minimum Gasteiger partial charge on any atom is -0.310 e. The molecule has 0 spiro atoms. The van der Waals surface area contributed by atoms with E-state index in [4.69, 9.17) is 0 Å². The summed E-state index contributed by atoms with van der Waals surface area (Å²) >= 11 is 0. The van der Waals surface area contributed by atoms with Crippen LogP contribution in [-0.4, -0.2) is 4.57 Å². The molecular formula is C52H42N2. The molecule has 0 aliphatic carbocycles. The fourth-order valence-corrected chi connectivity index (χ4v) is 8.27. The summed E-state index contributed by atoms with van der Waals surface area (Å²) in [6.45, 7) is 8.80. The van der Waals surface area contributed by atoms with Crippen LogP contribution in [0.3, 0.4) is 0 Å². The smallest absolute Gasteiger partial charge is 0.0619 e. The molecule has 0 aliphatic rings. The third kappa shape index (κ3) is 5.87. The Bertz CT molecular complexity index is 2720. The Morgan fingerprint density at radius 2 is 0.870 bits per heavy atom. The van der Waals surface area contributed by atoms with Crippen LogP contribution in [0.1, 0.15) is 22.3 Å². The van der Waals surface area contributed by atoms with Crippen molar-refractivity contribution in [3.05, 3.63) is 204 Å². The zero-order valence-electron chi connectivity index (χ0n) is 31.2. The highest BCUT2D eigenvalue weighted by molar-refractivity contribution is 6.11. The van der Waals surface area contributed by atoms with E-state index in [9.17, 15) is 0 Å². The van der Waals surface area contributed by atoms with Gasteiger partial charge >= 0.3 is 0 Å². The van der Waals surface area contributed by atoms with E-state index in [2.05, 4.69) is 219 Å². The number of hydrogen-bond donors (Lipinski definition) is 0. The SMILES string of the molecule is Cc1cc(C)cc(N(c2ccc(-c3ccccc3)cc2)c2ccc3c4ccccc4n(-c4c(-c5ccccc5C)cccc4-c4ccccc4C)c3c2)c1. The molecule has 8 aromatic carbocycles. The lowest BCUT2D eigenvalue weighted by molar-refractivity contribution is 1.17. The number of rotatable bonds is 7.